The zero-order chi connectivity index (χ0) is 18.0. The van der Waals surface area contributed by atoms with E-state index in [0.29, 0.717) is 10.9 Å². The Bertz CT molecular complexity index is 900. The molecule has 0 unspecified atom stereocenters. The summed E-state index contributed by atoms with van der Waals surface area (Å²) in [5, 5.41) is 7.28. The van der Waals surface area contributed by atoms with E-state index in [1.54, 1.807) is 18.2 Å². The number of esters is 1. The molecule has 1 N–H and O–H groups in total. The summed E-state index contributed by atoms with van der Waals surface area (Å²) in [6.45, 7) is 0.619. The standard InChI is InChI=1S/C15H18N4O5S/c1-25(22,23)19-8-6-18(7-9-19)13(20)10-24-15(21)14-11-4-2-3-5-12(11)16-17-14/h2-5H,6-10H2,1H3,(H,16,17). The van der Waals surface area contributed by atoms with Gasteiger partial charge in [-0.15, -0.1) is 0 Å². The van der Waals surface area contributed by atoms with Crippen LogP contribution in [0.25, 0.3) is 10.9 Å². The first-order valence-electron chi connectivity index (χ1n) is 7.69. The summed E-state index contributed by atoms with van der Waals surface area (Å²) in [5.74, 6) is -1.04. The van der Waals surface area contributed by atoms with Gasteiger partial charge in [-0.2, -0.15) is 9.40 Å². The van der Waals surface area contributed by atoms with Crippen LogP contribution in [0.15, 0.2) is 24.3 Å². The molecule has 10 heteroatoms. The number of amides is 1. The number of aromatic nitrogens is 2. The maximum Gasteiger partial charge on any atom is 0.359 e. The van der Waals surface area contributed by atoms with Crippen molar-refractivity contribution in [3.63, 3.8) is 0 Å². The SMILES string of the molecule is CS(=O)(=O)N1CCN(C(=O)COC(=O)c2n[nH]c3ccccc23)CC1. The minimum Gasteiger partial charge on any atom is -0.451 e. The highest BCUT2D eigenvalue weighted by Gasteiger charge is 2.27. The summed E-state index contributed by atoms with van der Waals surface area (Å²) in [6.07, 6.45) is 1.14. The number of aromatic amines is 1. The van der Waals surface area contributed by atoms with E-state index in [9.17, 15) is 18.0 Å². The van der Waals surface area contributed by atoms with Crippen LogP contribution < -0.4 is 0 Å². The first kappa shape index (κ1) is 17.4. The first-order chi connectivity index (χ1) is 11.9. The van der Waals surface area contributed by atoms with E-state index in [-0.39, 0.29) is 37.8 Å². The summed E-state index contributed by atoms with van der Waals surface area (Å²) >= 11 is 0. The van der Waals surface area contributed by atoms with Crippen molar-refractivity contribution in [2.24, 2.45) is 0 Å². The molecule has 1 aliphatic rings. The van der Waals surface area contributed by atoms with E-state index >= 15 is 0 Å². The molecule has 2 aromatic rings. The van der Waals surface area contributed by atoms with Crippen LogP contribution >= 0.6 is 0 Å². The van der Waals surface area contributed by atoms with Crippen LogP contribution in [-0.2, 0) is 19.6 Å². The van der Waals surface area contributed by atoms with Gasteiger partial charge in [-0.25, -0.2) is 13.2 Å². The smallest absolute Gasteiger partial charge is 0.359 e. The van der Waals surface area contributed by atoms with E-state index in [1.807, 2.05) is 6.07 Å². The highest BCUT2D eigenvalue weighted by atomic mass is 32.2. The minimum atomic E-state index is -3.25. The van der Waals surface area contributed by atoms with Crippen LogP contribution in [0.5, 0.6) is 0 Å². The van der Waals surface area contributed by atoms with Gasteiger partial charge in [0.25, 0.3) is 5.91 Å². The van der Waals surface area contributed by atoms with Crippen molar-refractivity contribution in [1.82, 2.24) is 19.4 Å². The van der Waals surface area contributed by atoms with Crippen LogP contribution in [0.2, 0.25) is 0 Å². The average Bonchev–Trinajstić information content (AvgIpc) is 3.03. The fourth-order valence-corrected chi connectivity index (χ4v) is 3.50. The van der Waals surface area contributed by atoms with Crippen molar-refractivity contribution in [2.75, 3.05) is 39.0 Å². The number of sulfonamides is 1. The molecule has 2 heterocycles. The zero-order valence-corrected chi connectivity index (χ0v) is 14.5. The number of carbonyl (C=O) groups excluding carboxylic acids is 2. The molecule has 0 atom stereocenters. The van der Waals surface area contributed by atoms with Crippen molar-refractivity contribution >= 4 is 32.8 Å². The maximum absolute atomic E-state index is 12.1. The van der Waals surface area contributed by atoms with Crippen LogP contribution in [0.1, 0.15) is 10.5 Å². The maximum atomic E-state index is 12.1. The summed E-state index contributed by atoms with van der Waals surface area (Å²) in [7, 11) is -3.25. The van der Waals surface area contributed by atoms with Gasteiger partial charge in [0.05, 0.1) is 11.8 Å². The lowest BCUT2D eigenvalue weighted by atomic mass is 10.2. The fraction of sp³-hybridized carbons (Fsp3) is 0.400. The fourth-order valence-electron chi connectivity index (χ4n) is 2.68. The predicted molar refractivity (Wildman–Crippen MR) is 89.4 cm³/mol. The number of para-hydroxylation sites is 1. The van der Waals surface area contributed by atoms with Gasteiger partial charge in [-0.1, -0.05) is 18.2 Å². The lowest BCUT2D eigenvalue weighted by molar-refractivity contribution is -0.135. The number of nitrogens with one attached hydrogen (secondary N) is 1. The van der Waals surface area contributed by atoms with Gasteiger partial charge in [0, 0.05) is 31.6 Å². The molecule has 1 amide bonds. The lowest BCUT2D eigenvalue weighted by Gasteiger charge is -2.33. The average molecular weight is 366 g/mol. The van der Waals surface area contributed by atoms with Crippen molar-refractivity contribution in [2.45, 2.75) is 0 Å². The third-order valence-electron chi connectivity index (χ3n) is 4.05. The van der Waals surface area contributed by atoms with E-state index in [4.69, 9.17) is 4.74 Å². The number of H-pyrrole nitrogens is 1. The Balaban J connectivity index is 1.55. The monoisotopic (exact) mass is 366 g/mol. The molecule has 1 saturated heterocycles. The van der Waals surface area contributed by atoms with E-state index in [1.165, 1.54) is 9.21 Å². The van der Waals surface area contributed by atoms with Gasteiger partial charge < -0.3 is 9.64 Å². The molecule has 25 heavy (non-hydrogen) atoms. The molecule has 0 saturated carbocycles. The number of benzene rings is 1. The van der Waals surface area contributed by atoms with Crippen LogP contribution in [-0.4, -0.2) is 78.7 Å². The molecular weight excluding hydrogens is 348 g/mol. The molecule has 0 spiro atoms. The van der Waals surface area contributed by atoms with Gasteiger partial charge in [-0.05, 0) is 6.07 Å². The second kappa shape index (κ2) is 6.81. The Morgan fingerprint density at radius 1 is 1.20 bits per heavy atom. The van der Waals surface area contributed by atoms with E-state index in [0.717, 1.165) is 6.26 Å². The van der Waals surface area contributed by atoms with Crippen molar-refractivity contribution in [3.8, 4) is 0 Å². The molecule has 0 radical (unpaired) electrons. The number of rotatable bonds is 4. The summed E-state index contributed by atoms with van der Waals surface area (Å²) in [6, 6.07) is 7.11. The second-order valence-electron chi connectivity index (χ2n) is 5.74. The van der Waals surface area contributed by atoms with Gasteiger partial charge in [0.2, 0.25) is 10.0 Å². The molecular formula is C15H18N4O5S. The molecule has 1 aromatic heterocycles. The molecule has 1 fully saturated rings. The lowest BCUT2D eigenvalue weighted by Crippen LogP contribution is -2.51. The number of carbonyl (C=O) groups is 2. The molecule has 1 aliphatic heterocycles. The van der Waals surface area contributed by atoms with E-state index < -0.39 is 22.6 Å². The highest BCUT2D eigenvalue weighted by Crippen LogP contribution is 2.16. The Morgan fingerprint density at radius 2 is 1.88 bits per heavy atom. The largest absolute Gasteiger partial charge is 0.451 e. The number of piperazine rings is 1. The predicted octanol–water partition coefficient (Wildman–Crippen LogP) is -0.176. The molecule has 0 aliphatic carbocycles. The van der Waals surface area contributed by atoms with Crippen molar-refractivity contribution < 1.29 is 22.7 Å². The quantitative estimate of drug-likeness (QED) is 0.752. The Kier molecular flexibility index (Phi) is 4.73. The van der Waals surface area contributed by atoms with Crippen LogP contribution in [0.4, 0.5) is 0 Å². The van der Waals surface area contributed by atoms with Gasteiger partial charge in [0.1, 0.15) is 0 Å². The number of hydrogen-bond acceptors (Lipinski definition) is 6. The van der Waals surface area contributed by atoms with Gasteiger partial charge in [-0.3, -0.25) is 9.89 Å². The van der Waals surface area contributed by atoms with Gasteiger partial charge >= 0.3 is 5.97 Å². The van der Waals surface area contributed by atoms with Crippen molar-refractivity contribution in [3.05, 3.63) is 30.0 Å². The second-order valence-corrected chi connectivity index (χ2v) is 7.72. The first-order valence-corrected chi connectivity index (χ1v) is 9.54. The molecule has 9 nitrogen and oxygen atoms in total. The third kappa shape index (κ3) is 3.80. The summed E-state index contributed by atoms with van der Waals surface area (Å²) in [4.78, 5) is 25.8. The number of nitrogens with zero attached hydrogens (tertiary/aromatic N) is 3. The Hall–Kier alpha value is -2.46. The minimum absolute atomic E-state index is 0.130. The molecule has 134 valence electrons. The third-order valence-corrected chi connectivity index (χ3v) is 5.35. The zero-order valence-electron chi connectivity index (χ0n) is 13.6. The molecule has 1 aromatic carbocycles. The number of fused-ring (bicyclic) bond motifs is 1. The Morgan fingerprint density at radius 3 is 2.56 bits per heavy atom. The molecule has 3 rings (SSSR count). The van der Waals surface area contributed by atoms with Crippen molar-refractivity contribution in [1.29, 1.82) is 0 Å². The van der Waals surface area contributed by atoms with Gasteiger partial charge in [0.15, 0.2) is 12.3 Å². The summed E-state index contributed by atoms with van der Waals surface area (Å²) < 4.78 is 29.3. The van der Waals surface area contributed by atoms with Crippen LogP contribution in [0, 0.1) is 0 Å². The number of hydrogen-bond donors (Lipinski definition) is 1. The molecule has 0 bridgehead atoms. The highest BCUT2D eigenvalue weighted by molar-refractivity contribution is 7.88. The number of ether oxygens (including phenoxy) is 1. The summed E-state index contributed by atoms with van der Waals surface area (Å²) in [5.41, 5.74) is 0.836. The van der Waals surface area contributed by atoms with E-state index in [2.05, 4.69) is 10.2 Å². The normalized spacial score (nSPS) is 16.1. The topological polar surface area (TPSA) is 113 Å². The van der Waals surface area contributed by atoms with Crippen LogP contribution in [0.3, 0.4) is 0 Å². The Labute approximate surface area is 144 Å².